The minimum absolute atomic E-state index is 0.319. The van der Waals surface area contributed by atoms with Gasteiger partial charge in [0.1, 0.15) is 0 Å². The summed E-state index contributed by atoms with van der Waals surface area (Å²) in [6, 6.07) is 16.4. The third-order valence-corrected chi connectivity index (χ3v) is 3.80. The molecule has 0 fully saturated rings. The Balaban J connectivity index is 2.25. The first kappa shape index (κ1) is 13.6. The molecule has 0 radical (unpaired) electrons. The van der Waals surface area contributed by atoms with E-state index in [4.69, 9.17) is 11.6 Å². The standard InChI is InChI=1S/C17H12ClNO2/c1-11(20)19-14-10-6-5-9-13(14)15(17(19)21)16(18)12-7-3-2-4-8-12/h2-10H,1H3/b16-15+. The van der Waals surface area contributed by atoms with Gasteiger partial charge in [0.05, 0.1) is 16.3 Å². The van der Waals surface area contributed by atoms with Gasteiger partial charge in [0.25, 0.3) is 5.91 Å². The van der Waals surface area contributed by atoms with E-state index in [9.17, 15) is 9.59 Å². The van der Waals surface area contributed by atoms with E-state index < -0.39 is 0 Å². The van der Waals surface area contributed by atoms with Crippen LogP contribution in [0, 0.1) is 0 Å². The minimum Gasteiger partial charge on any atom is -0.274 e. The zero-order valence-corrected chi connectivity index (χ0v) is 12.1. The second-order valence-corrected chi connectivity index (χ2v) is 5.11. The number of nitrogens with zero attached hydrogens (tertiary/aromatic N) is 1. The molecule has 1 heterocycles. The second-order valence-electron chi connectivity index (χ2n) is 4.73. The first-order valence-corrected chi connectivity index (χ1v) is 6.88. The fourth-order valence-electron chi connectivity index (χ4n) is 2.47. The molecule has 0 saturated carbocycles. The molecule has 0 bridgehead atoms. The van der Waals surface area contributed by atoms with Crippen molar-refractivity contribution in [2.75, 3.05) is 4.90 Å². The molecule has 0 aliphatic carbocycles. The molecule has 104 valence electrons. The van der Waals surface area contributed by atoms with Crippen LogP contribution < -0.4 is 4.90 Å². The number of imide groups is 1. The molecule has 0 unspecified atom stereocenters. The van der Waals surface area contributed by atoms with Gasteiger partial charge in [-0.15, -0.1) is 0 Å². The van der Waals surface area contributed by atoms with Crippen LogP contribution in [-0.2, 0) is 9.59 Å². The Bertz CT molecular complexity index is 765. The van der Waals surface area contributed by atoms with Gasteiger partial charge >= 0.3 is 0 Å². The molecule has 3 rings (SSSR count). The largest absolute Gasteiger partial charge is 0.274 e. The van der Waals surface area contributed by atoms with E-state index in [1.807, 2.05) is 36.4 Å². The van der Waals surface area contributed by atoms with Crippen molar-refractivity contribution in [3.63, 3.8) is 0 Å². The molecule has 0 spiro atoms. The number of carbonyl (C=O) groups is 2. The summed E-state index contributed by atoms with van der Waals surface area (Å²) in [6.45, 7) is 1.37. The van der Waals surface area contributed by atoms with Gasteiger partial charge in [0, 0.05) is 12.5 Å². The molecule has 2 amide bonds. The number of fused-ring (bicyclic) bond motifs is 1. The van der Waals surface area contributed by atoms with Gasteiger partial charge in [-0.25, -0.2) is 4.90 Å². The summed E-state index contributed by atoms with van der Waals surface area (Å²) in [5.41, 5.74) is 2.39. The Morgan fingerprint density at radius 2 is 1.62 bits per heavy atom. The van der Waals surface area contributed by atoms with Crippen molar-refractivity contribution in [2.24, 2.45) is 0 Å². The van der Waals surface area contributed by atoms with E-state index in [1.165, 1.54) is 6.92 Å². The highest BCUT2D eigenvalue weighted by molar-refractivity contribution is 6.60. The van der Waals surface area contributed by atoms with Crippen LogP contribution in [-0.4, -0.2) is 11.8 Å². The number of carbonyl (C=O) groups excluding carboxylic acids is 2. The highest BCUT2D eigenvalue weighted by Gasteiger charge is 2.36. The van der Waals surface area contributed by atoms with Crippen molar-refractivity contribution < 1.29 is 9.59 Å². The lowest BCUT2D eigenvalue weighted by molar-refractivity contribution is -0.122. The van der Waals surface area contributed by atoms with Crippen LogP contribution in [0.4, 0.5) is 5.69 Å². The van der Waals surface area contributed by atoms with Gasteiger partial charge in [0.15, 0.2) is 0 Å². The molecular formula is C17H12ClNO2. The van der Waals surface area contributed by atoms with Crippen LogP contribution in [0.3, 0.4) is 0 Å². The topological polar surface area (TPSA) is 37.4 Å². The van der Waals surface area contributed by atoms with Gasteiger partial charge in [-0.1, -0.05) is 60.1 Å². The SMILES string of the molecule is CC(=O)N1C(=O)/C(=C(/Cl)c2ccccc2)c2ccccc21. The fourth-order valence-corrected chi connectivity index (χ4v) is 2.78. The molecule has 1 aliphatic rings. The Kier molecular flexibility index (Phi) is 3.35. The number of hydrogen-bond donors (Lipinski definition) is 0. The van der Waals surface area contributed by atoms with E-state index in [0.717, 1.165) is 10.5 Å². The first-order valence-electron chi connectivity index (χ1n) is 6.51. The predicted octanol–water partition coefficient (Wildman–Crippen LogP) is 3.69. The van der Waals surface area contributed by atoms with Crippen LogP contribution in [0.25, 0.3) is 10.6 Å². The Hall–Kier alpha value is -2.39. The van der Waals surface area contributed by atoms with Crippen LogP contribution in [0.5, 0.6) is 0 Å². The van der Waals surface area contributed by atoms with Gasteiger partial charge in [-0.2, -0.15) is 0 Å². The zero-order valence-electron chi connectivity index (χ0n) is 11.3. The fraction of sp³-hybridized carbons (Fsp3) is 0.0588. The number of para-hydroxylation sites is 1. The highest BCUT2D eigenvalue weighted by atomic mass is 35.5. The molecule has 0 atom stereocenters. The van der Waals surface area contributed by atoms with E-state index in [0.29, 0.717) is 21.9 Å². The van der Waals surface area contributed by atoms with Gasteiger partial charge < -0.3 is 0 Å². The molecule has 2 aromatic rings. The average Bonchev–Trinajstić information content (AvgIpc) is 2.79. The lowest BCUT2D eigenvalue weighted by atomic mass is 10.0. The summed E-state index contributed by atoms with van der Waals surface area (Å²) >= 11 is 6.43. The normalized spacial score (nSPS) is 15.9. The zero-order chi connectivity index (χ0) is 15.0. The maximum Gasteiger partial charge on any atom is 0.267 e. The quantitative estimate of drug-likeness (QED) is 0.753. The van der Waals surface area contributed by atoms with Crippen molar-refractivity contribution in [3.05, 3.63) is 65.7 Å². The number of rotatable bonds is 1. The molecule has 1 aliphatic heterocycles. The summed E-state index contributed by atoms with van der Waals surface area (Å²) in [7, 11) is 0. The molecule has 21 heavy (non-hydrogen) atoms. The summed E-state index contributed by atoms with van der Waals surface area (Å²) < 4.78 is 0. The predicted molar refractivity (Wildman–Crippen MR) is 83.7 cm³/mol. The van der Waals surface area contributed by atoms with Crippen LogP contribution >= 0.6 is 11.6 Å². The Morgan fingerprint density at radius 3 is 2.29 bits per heavy atom. The Labute approximate surface area is 127 Å². The molecule has 0 saturated heterocycles. The maximum atomic E-state index is 12.6. The first-order chi connectivity index (χ1) is 10.1. The van der Waals surface area contributed by atoms with Gasteiger partial charge in [-0.3, -0.25) is 9.59 Å². The van der Waals surface area contributed by atoms with Gasteiger partial charge in [-0.05, 0) is 11.6 Å². The minimum atomic E-state index is -0.377. The molecule has 2 aromatic carbocycles. The van der Waals surface area contributed by atoms with E-state index in [1.54, 1.807) is 18.2 Å². The van der Waals surface area contributed by atoms with E-state index in [-0.39, 0.29) is 11.8 Å². The summed E-state index contributed by atoms with van der Waals surface area (Å²) in [5.74, 6) is -0.697. The van der Waals surface area contributed by atoms with E-state index in [2.05, 4.69) is 0 Å². The highest BCUT2D eigenvalue weighted by Crippen LogP contribution is 2.41. The summed E-state index contributed by atoms with van der Waals surface area (Å²) in [5, 5.41) is 0.358. The van der Waals surface area contributed by atoms with Crippen LogP contribution in [0.2, 0.25) is 0 Å². The average molecular weight is 298 g/mol. The van der Waals surface area contributed by atoms with Crippen molar-refractivity contribution >= 4 is 39.7 Å². The van der Waals surface area contributed by atoms with E-state index >= 15 is 0 Å². The lowest BCUT2D eigenvalue weighted by Crippen LogP contribution is -2.31. The molecular weight excluding hydrogens is 286 g/mol. The number of benzene rings is 2. The van der Waals surface area contributed by atoms with Crippen molar-refractivity contribution in [1.29, 1.82) is 0 Å². The monoisotopic (exact) mass is 297 g/mol. The molecule has 4 heteroatoms. The number of amides is 2. The van der Waals surface area contributed by atoms with Gasteiger partial charge in [0.2, 0.25) is 5.91 Å². The summed E-state index contributed by atoms with van der Waals surface area (Å²) in [4.78, 5) is 25.5. The van der Waals surface area contributed by atoms with Crippen molar-refractivity contribution in [1.82, 2.24) is 0 Å². The Morgan fingerprint density at radius 1 is 1.00 bits per heavy atom. The molecule has 0 N–H and O–H groups in total. The summed E-state index contributed by atoms with van der Waals surface area (Å²) in [6.07, 6.45) is 0. The number of anilines is 1. The van der Waals surface area contributed by atoms with Crippen molar-refractivity contribution in [3.8, 4) is 0 Å². The maximum absolute atomic E-state index is 12.6. The van der Waals surface area contributed by atoms with Crippen LogP contribution in [0.15, 0.2) is 54.6 Å². The smallest absolute Gasteiger partial charge is 0.267 e. The third kappa shape index (κ3) is 2.16. The van der Waals surface area contributed by atoms with Crippen molar-refractivity contribution in [2.45, 2.75) is 6.92 Å². The number of hydrogen-bond acceptors (Lipinski definition) is 2. The number of halogens is 1. The second kappa shape index (κ2) is 5.19. The molecule has 3 nitrogen and oxygen atoms in total. The van der Waals surface area contributed by atoms with Crippen LogP contribution in [0.1, 0.15) is 18.1 Å². The lowest BCUT2D eigenvalue weighted by Gasteiger charge is -2.11. The third-order valence-electron chi connectivity index (χ3n) is 3.39. The molecule has 0 aromatic heterocycles.